The molecule has 1 aromatic rings. The average Bonchev–Trinajstić information content (AvgIpc) is 3.18. The molecule has 1 fully saturated rings. The van der Waals surface area contributed by atoms with Crippen molar-refractivity contribution >= 4 is 17.4 Å². The molecule has 0 bridgehead atoms. The number of Topliss-reactive ketones (excluding diaryl/α,β-unsaturated/α-hetero) is 1. The van der Waals surface area contributed by atoms with Crippen molar-refractivity contribution < 1.29 is 14.3 Å². The van der Waals surface area contributed by atoms with E-state index in [1.165, 1.54) is 0 Å². The Labute approximate surface area is 185 Å². The van der Waals surface area contributed by atoms with E-state index in [-0.39, 0.29) is 29.2 Å². The van der Waals surface area contributed by atoms with Gasteiger partial charge in [0.1, 0.15) is 6.10 Å². The molecule has 0 amide bonds. The lowest BCUT2D eigenvalue weighted by molar-refractivity contribution is -0.144. The van der Waals surface area contributed by atoms with Crippen molar-refractivity contribution in [1.29, 1.82) is 0 Å². The molecule has 0 radical (unpaired) electrons. The van der Waals surface area contributed by atoms with Crippen molar-refractivity contribution in [2.45, 2.75) is 71.3 Å². The van der Waals surface area contributed by atoms with Crippen molar-refractivity contribution in [2.24, 2.45) is 5.41 Å². The second-order valence-corrected chi connectivity index (χ2v) is 10.2. The molecule has 4 rings (SSSR count). The molecule has 1 saturated carbocycles. The molecule has 31 heavy (non-hydrogen) atoms. The number of esters is 1. The number of dihydropyridines is 1. The molecule has 5 nitrogen and oxygen atoms in total. The van der Waals surface area contributed by atoms with Gasteiger partial charge in [-0.25, -0.2) is 4.79 Å². The highest BCUT2D eigenvalue weighted by molar-refractivity contribution is 6.04. The summed E-state index contributed by atoms with van der Waals surface area (Å²) in [4.78, 5) is 28.8. The van der Waals surface area contributed by atoms with E-state index in [9.17, 15) is 9.59 Å². The molecule has 0 aromatic heterocycles. The molecule has 1 N–H and O–H groups in total. The Morgan fingerprint density at radius 1 is 1.10 bits per heavy atom. The number of allylic oxidation sites excluding steroid dienone is 3. The summed E-state index contributed by atoms with van der Waals surface area (Å²) in [7, 11) is 4.00. The number of hydrogen-bond acceptors (Lipinski definition) is 5. The van der Waals surface area contributed by atoms with E-state index in [1.54, 1.807) is 0 Å². The monoisotopic (exact) mass is 422 g/mol. The first-order chi connectivity index (χ1) is 14.7. The molecule has 0 spiro atoms. The van der Waals surface area contributed by atoms with Crippen LogP contribution in [0.1, 0.15) is 70.8 Å². The van der Waals surface area contributed by atoms with Crippen LogP contribution in [0.2, 0.25) is 0 Å². The highest BCUT2D eigenvalue weighted by Crippen LogP contribution is 2.47. The zero-order chi connectivity index (χ0) is 22.3. The predicted octanol–water partition coefficient (Wildman–Crippen LogP) is 4.84. The normalized spacial score (nSPS) is 23.5. The molecule has 166 valence electrons. The first kappa shape index (κ1) is 21.7. The smallest absolute Gasteiger partial charge is 0.337 e. The van der Waals surface area contributed by atoms with Crippen molar-refractivity contribution in [2.75, 3.05) is 19.0 Å². The van der Waals surface area contributed by atoms with Gasteiger partial charge < -0.3 is 15.0 Å². The van der Waals surface area contributed by atoms with Crippen LogP contribution in [0.15, 0.2) is 46.8 Å². The number of carbonyl (C=O) groups excluding carboxylic acids is 2. The Morgan fingerprint density at radius 3 is 2.35 bits per heavy atom. The van der Waals surface area contributed by atoms with Gasteiger partial charge in [-0.1, -0.05) is 26.0 Å². The number of benzene rings is 1. The topological polar surface area (TPSA) is 58.6 Å². The Hall–Kier alpha value is -2.56. The number of rotatable bonds is 4. The van der Waals surface area contributed by atoms with Gasteiger partial charge in [0.2, 0.25) is 0 Å². The fourth-order valence-corrected chi connectivity index (χ4v) is 5.23. The second kappa shape index (κ2) is 8.18. The van der Waals surface area contributed by atoms with Crippen LogP contribution in [-0.2, 0) is 14.3 Å². The molecule has 2 aliphatic carbocycles. The van der Waals surface area contributed by atoms with E-state index in [0.717, 1.165) is 60.3 Å². The Kier molecular flexibility index (Phi) is 5.71. The summed E-state index contributed by atoms with van der Waals surface area (Å²) >= 11 is 0. The number of carbonyl (C=O) groups is 2. The van der Waals surface area contributed by atoms with Crippen molar-refractivity contribution in [3.8, 4) is 0 Å². The Bertz CT molecular complexity index is 947. The van der Waals surface area contributed by atoms with Crippen molar-refractivity contribution in [3.63, 3.8) is 0 Å². The number of ether oxygens (including phenoxy) is 1. The summed E-state index contributed by atoms with van der Waals surface area (Å²) in [5.41, 5.74) is 5.03. The standard InChI is InChI=1S/C26H34N2O3/c1-16-22(25(30)31-19-8-6-7-9-19)23(17-10-12-18(13-11-17)28(4)5)24-20(27-16)14-26(2,3)15-21(24)29/h10-13,19,23,27H,6-9,14-15H2,1-5H3. The van der Waals surface area contributed by atoms with E-state index in [4.69, 9.17) is 4.74 Å². The van der Waals surface area contributed by atoms with Gasteiger partial charge in [0, 0.05) is 49.1 Å². The number of nitrogens with one attached hydrogen (secondary N) is 1. The first-order valence-corrected chi connectivity index (χ1v) is 11.4. The van der Waals surface area contributed by atoms with Gasteiger partial charge in [0.05, 0.1) is 5.57 Å². The van der Waals surface area contributed by atoms with E-state index < -0.39 is 0 Å². The van der Waals surface area contributed by atoms with Crippen molar-refractivity contribution in [1.82, 2.24) is 5.32 Å². The number of nitrogens with zero attached hydrogens (tertiary/aromatic N) is 1. The number of ketones is 1. The number of hydrogen-bond donors (Lipinski definition) is 1. The van der Waals surface area contributed by atoms with Gasteiger partial charge in [-0.15, -0.1) is 0 Å². The lowest BCUT2D eigenvalue weighted by atomic mass is 9.68. The van der Waals surface area contributed by atoms with Crippen LogP contribution in [-0.4, -0.2) is 32.0 Å². The van der Waals surface area contributed by atoms with Crippen LogP contribution < -0.4 is 10.2 Å². The summed E-state index contributed by atoms with van der Waals surface area (Å²) in [6.07, 6.45) is 5.33. The predicted molar refractivity (Wildman–Crippen MR) is 123 cm³/mol. The zero-order valence-corrected chi connectivity index (χ0v) is 19.4. The molecule has 0 saturated heterocycles. The highest BCUT2D eigenvalue weighted by Gasteiger charge is 2.43. The molecule has 5 heteroatoms. The van der Waals surface area contributed by atoms with Crippen molar-refractivity contribution in [3.05, 3.63) is 52.4 Å². The van der Waals surface area contributed by atoms with Crippen LogP contribution in [0.25, 0.3) is 0 Å². The summed E-state index contributed by atoms with van der Waals surface area (Å²) in [6, 6.07) is 8.17. The minimum absolute atomic E-state index is 0.0130. The number of anilines is 1. The van der Waals surface area contributed by atoms with E-state index in [2.05, 4.69) is 19.2 Å². The maximum Gasteiger partial charge on any atom is 0.337 e. The SMILES string of the molecule is CC1=C(C(=O)OC2CCCC2)C(c2ccc(N(C)C)cc2)C2=C(CC(C)(C)CC2=O)N1. The largest absolute Gasteiger partial charge is 0.459 e. The molecular weight excluding hydrogens is 388 g/mol. The van der Waals surface area contributed by atoms with Crippen LogP contribution in [0.4, 0.5) is 5.69 Å². The Morgan fingerprint density at radius 2 is 1.74 bits per heavy atom. The summed E-state index contributed by atoms with van der Waals surface area (Å²) in [5.74, 6) is -0.549. The third-order valence-corrected chi connectivity index (χ3v) is 6.78. The maximum atomic E-state index is 13.4. The van der Waals surface area contributed by atoms with Crippen LogP contribution in [0.3, 0.4) is 0 Å². The molecule has 1 aromatic carbocycles. The van der Waals surface area contributed by atoms with E-state index >= 15 is 0 Å². The average molecular weight is 423 g/mol. The van der Waals surface area contributed by atoms with Gasteiger partial charge in [0.15, 0.2) is 5.78 Å². The third kappa shape index (κ3) is 4.28. The molecule has 3 aliphatic rings. The minimum atomic E-state index is -0.384. The molecular formula is C26H34N2O3. The van der Waals surface area contributed by atoms with Crippen LogP contribution in [0.5, 0.6) is 0 Å². The first-order valence-electron chi connectivity index (χ1n) is 11.4. The Balaban J connectivity index is 1.77. The summed E-state index contributed by atoms with van der Waals surface area (Å²) in [6.45, 7) is 6.18. The van der Waals surface area contributed by atoms with Gasteiger partial charge in [0.25, 0.3) is 0 Å². The summed E-state index contributed by atoms with van der Waals surface area (Å²) < 4.78 is 5.91. The van der Waals surface area contributed by atoms with Crippen LogP contribution in [0, 0.1) is 5.41 Å². The van der Waals surface area contributed by atoms with Gasteiger partial charge in [-0.05, 0) is 62.1 Å². The second-order valence-electron chi connectivity index (χ2n) is 10.2. The van der Waals surface area contributed by atoms with E-state index in [0.29, 0.717) is 12.0 Å². The van der Waals surface area contributed by atoms with E-state index in [1.807, 2.05) is 50.2 Å². The molecule has 1 unspecified atom stereocenters. The lowest BCUT2D eigenvalue weighted by Gasteiger charge is -2.39. The fourth-order valence-electron chi connectivity index (χ4n) is 5.23. The van der Waals surface area contributed by atoms with Gasteiger partial charge in [-0.2, -0.15) is 0 Å². The van der Waals surface area contributed by atoms with Gasteiger partial charge in [-0.3, -0.25) is 4.79 Å². The minimum Gasteiger partial charge on any atom is -0.459 e. The third-order valence-electron chi connectivity index (χ3n) is 6.78. The maximum absolute atomic E-state index is 13.4. The fraction of sp³-hybridized carbons (Fsp3) is 0.538. The summed E-state index contributed by atoms with van der Waals surface area (Å²) in [5, 5.41) is 3.42. The molecule has 1 heterocycles. The van der Waals surface area contributed by atoms with Crippen LogP contribution >= 0.6 is 0 Å². The molecule has 1 atom stereocenters. The lowest BCUT2D eigenvalue weighted by Crippen LogP contribution is -2.39. The zero-order valence-electron chi connectivity index (χ0n) is 19.4. The molecule has 1 aliphatic heterocycles. The van der Waals surface area contributed by atoms with Gasteiger partial charge >= 0.3 is 5.97 Å². The quantitative estimate of drug-likeness (QED) is 0.704. The highest BCUT2D eigenvalue weighted by atomic mass is 16.5.